The number of ether oxygens (including phenoxy) is 1. The Kier molecular flexibility index (Phi) is 2.27. The van der Waals surface area contributed by atoms with E-state index < -0.39 is 0 Å². The van der Waals surface area contributed by atoms with Crippen molar-refractivity contribution in [2.24, 2.45) is 5.92 Å². The number of esters is 1. The molecule has 1 rings (SSSR count). The van der Waals surface area contributed by atoms with Crippen molar-refractivity contribution in [1.82, 2.24) is 0 Å². The number of hydrogen-bond acceptors (Lipinski definition) is 3. The van der Waals surface area contributed by atoms with Crippen LogP contribution in [0.4, 0.5) is 0 Å². The molecule has 0 aromatic rings. The van der Waals surface area contributed by atoms with Gasteiger partial charge in [-0.05, 0) is 6.42 Å². The highest BCUT2D eigenvalue weighted by molar-refractivity contribution is 5.98. The molecule has 0 aliphatic carbocycles. The molecule has 11 heavy (non-hydrogen) atoms. The van der Waals surface area contributed by atoms with Crippen LogP contribution in [-0.2, 0) is 14.3 Å². The van der Waals surface area contributed by atoms with Gasteiger partial charge in [-0.15, -0.1) is 0 Å². The lowest BCUT2D eigenvalue weighted by molar-refractivity contribution is -0.162. The van der Waals surface area contributed by atoms with E-state index in [1.807, 2.05) is 13.8 Å². The van der Waals surface area contributed by atoms with Gasteiger partial charge in [0.05, 0.1) is 5.92 Å². The summed E-state index contributed by atoms with van der Waals surface area (Å²) in [7, 11) is 0. The molecule has 0 aromatic carbocycles. The molecule has 62 valence electrons. The Labute approximate surface area is 65.7 Å². The first-order chi connectivity index (χ1) is 5.15. The Bertz CT molecular complexity index is 186. The van der Waals surface area contributed by atoms with E-state index in [1.165, 1.54) is 0 Å². The minimum atomic E-state index is -0.375. The zero-order chi connectivity index (χ0) is 8.43. The largest absolute Gasteiger partial charge is 0.461 e. The topological polar surface area (TPSA) is 43.4 Å². The Morgan fingerprint density at radius 3 is 2.73 bits per heavy atom. The summed E-state index contributed by atoms with van der Waals surface area (Å²) >= 11 is 0. The highest BCUT2D eigenvalue weighted by Crippen LogP contribution is 2.19. The SMILES string of the molecule is CC[C@@H]1OC(=O)CC(=O)[C@H]1C. The second-order valence-electron chi connectivity index (χ2n) is 2.87. The summed E-state index contributed by atoms with van der Waals surface area (Å²) in [6, 6.07) is 0. The predicted molar refractivity (Wildman–Crippen MR) is 39.0 cm³/mol. The third-order valence-corrected chi connectivity index (χ3v) is 2.07. The molecule has 1 saturated heterocycles. The van der Waals surface area contributed by atoms with Crippen molar-refractivity contribution < 1.29 is 14.3 Å². The highest BCUT2D eigenvalue weighted by Gasteiger charge is 2.32. The molecular formula is C8H12O3. The van der Waals surface area contributed by atoms with E-state index in [4.69, 9.17) is 4.74 Å². The molecule has 0 aromatic heterocycles. The molecule has 3 nitrogen and oxygen atoms in total. The standard InChI is InChI=1S/C8H12O3/c1-3-7-5(2)6(9)4-8(10)11-7/h5,7H,3-4H2,1-2H3/t5-,7+/m1/s1. The van der Waals surface area contributed by atoms with Gasteiger partial charge in [0, 0.05) is 0 Å². The Morgan fingerprint density at radius 1 is 1.55 bits per heavy atom. The molecular weight excluding hydrogens is 144 g/mol. The van der Waals surface area contributed by atoms with Crippen LogP contribution < -0.4 is 0 Å². The van der Waals surface area contributed by atoms with Crippen LogP contribution in [0.15, 0.2) is 0 Å². The van der Waals surface area contributed by atoms with Crippen LogP contribution in [0.25, 0.3) is 0 Å². The maximum atomic E-state index is 11.1. The molecule has 0 bridgehead atoms. The van der Waals surface area contributed by atoms with E-state index in [-0.39, 0.29) is 30.2 Å². The van der Waals surface area contributed by atoms with Gasteiger partial charge in [0.1, 0.15) is 18.3 Å². The Balaban J connectivity index is 2.66. The van der Waals surface area contributed by atoms with Gasteiger partial charge >= 0.3 is 5.97 Å². The predicted octanol–water partition coefficient (Wildman–Crippen LogP) is 0.917. The van der Waals surface area contributed by atoms with Gasteiger partial charge in [-0.2, -0.15) is 0 Å². The number of ketones is 1. The number of cyclic esters (lactones) is 1. The molecule has 0 N–H and O–H groups in total. The van der Waals surface area contributed by atoms with E-state index in [0.717, 1.165) is 6.42 Å². The van der Waals surface area contributed by atoms with Crippen molar-refractivity contribution in [3.8, 4) is 0 Å². The summed E-state index contributed by atoms with van der Waals surface area (Å²) in [5.41, 5.74) is 0. The molecule has 1 aliphatic heterocycles. The van der Waals surface area contributed by atoms with E-state index in [2.05, 4.69) is 0 Å². The first-order valence-electron chi connectivity index (χ1n) is 3.87. The van der Waals surface area contributed by atoms with Gasteiger partial charge in [0.2, 0.25) is 0 Å². The number of rotatable bonds is 1. The van der Waals surface area contributed by atoms with Crippen LogP contribution in [0.3, 0.4) is 0 Å². The van der Waals surface area contributed by atoms with E-state index in [0.29, 0.717) is 0 Å². The summed E-state index contributed by atoms with van der Waals surface area (Å²) in [6.07, 6.45) is 0.486. The van der Waals surface area contributed by atoms with Crippen molar-refractivity contribution in [2.75, 3.05) is 0 Å². The quantitative estimate of drug-likeness (QED) is 0.418. The lowest BCUT2D eigenvalue weighted by Crippen LogP contribution is -2.37. The molecule has 0 radical (unpaired) electrons. The zero-order valence-electron chi connectivity index (χ0n) is 6.79. The summed E-state index contributed by atoms with van der Waals surface area (Å²) in [6.45, 7) is 3.72. The zero-order valence-corrected chi connectivity index (χ0v) is 6.79. The van der Waals surface area contributed by atoms with E-state index in [9.17, 15) is 9.59 Å². The number of carbonyl (C=O) groups excluding carboxylic acids is 2. The van der Waals surface area contributed by atoms with Gasteiger partial charge in [-0.1, -0.05) is 13.8 Å². The van der Waals surface area contributed by atoms with Crippen LogP contribution in [0.1, 0.15) is 26.7 Å². The number of carbonyl (C=O) groups is 2. The molecule has 2 atom stereocenters. The van der Waals surface area contributed by atoms with E-state index >= 15 is 0 Å². The lowest BCUT2D eigenvalue weighted by atomic mass is 9.93. The lowest BCUT2D eigenvalue weighted by Gasteiger charge is -2.26. The van der Waals surface area contributed by atoms with Gasteiger partial charge < -0.3 is 4.74 Å². The van der Waals surface area contributed by atoms with Crippen LogP contribution in [0.5, 0.6) is 0 Å². The third-order valence-electron chi connectivity index (χ3n) is 2.07. The summed E-state index contributed by atoms with van der Waals surface area (Å²) < 4.78 is 4.96. The number of hydrogen-bond donors (Lipinski definition) is 0. The first-order valence-corrected chi connectivity index (χ1v) is 3.87. The van der Waals surface area contributed by atoms with Crippen LogP contribution >= 0.6 is 0 Å². The third kappa shape index (κ3) is 1.59. The highest BCUT2D eigenvalue weighted by atomic mass is 16.5. The second-order valence-corrected chi connectivity index (χ2v) is 2.87. The molecule has 1 fully saturated rings. The van der Waals surface area contributed by atoms with Crippen molar-refractivity contribution >= 4 is 11.8 Å². The van der Waals surface area contributed by atoms with Crippen molar-refractivity contribution in [2.45, 2.75) is 32.8 Å². The minimum absolute atomic E-state index is 0.00750. The molecule has 3 heteroatoms. The summed E-state index contributed by atoms with van der Waals surface area (Å²) in [5.74, 6) is -0.481. The van der Waals surface area contributed by atoms with Gasteiger partial charge in [0.15, 0.2) is 0 Å². The maximum absolute atomic E-state index is 11.1. The first kappa shape index (κ1) is 8.24. The average molecular weight is 156 g/mol. The van der Waals surface area contributed by atoms with Crippen molar-refractivity contribution in [1.29, 1.82) is 0 Å². The molecule has 1 heterocycles. The van der Waals surface area contributed by atoms with Gasteiger partial charge in [0.25, 0.3) is 0 Å². The minimum Gasteiger partial charge on any atom is -0.461 e. The molecule has 0 saturated carbocycles. The number of Topliss-reactive ketones (excluding diaryl/α,β-unsaturated/α-hetero) is 1. The fourth-order valence-electron chi connectivity index (χ4n) is 1.26. The molecule has 0 spiro atoms. The second kappa shape index (κ2) is 3.03. The smallest absolute Gasteiger partial charge is 0.313 e. The summed E-state index contributed by atoms with van der Waals surface area (Å²) in [5, 5.41) is 0. The van der Waals surface area contributed by atoms with Crippen LogP contribution in [0.2, 0.25) is 0 Å². The molecule has 1 aliphatic rings. The Morgan fingerprint density at radius 2 is 2.18 bits per heavy atom. The fraction of sp³-hybridized carbons (Fsp3) is 0.750. The van der Waals surface area contributed by atoms with Gasteiger partial charge in [-0.3, -0.25) is 9.59 Å². The molecule has 0 unspecified atom stereocenters. The Hall–Kier alpha value is -0.860. The van der Waals surface area contributed by atoms with Crippen LogP contribution in [-0.4, -0.2) is 17.9 Å². The van der Waals surface area contributed by atoms with Crippen LogP contribution in [0, 0.1) is 5.92 Å². The summed E-state index contributed by atoms with van der Waals surface area (Å²) in [4.78, 5) is 21.8. The van der Waals surface area contributed by atoms with Crippen molar-refractivity contribution in [3.05, 3.63) is 0 Å². The normalized spacial score (nSPS) is 31.8. The average Bonchev–Trinajstić information content (AvgIpc) is 1.96. The maximum Gasteiger partial charge on any atom is 0.313 e. The molecule has 0 amide bonds. The fourth-order valence-corrected chi connectivity index (χ4v) is 1.26. The van der Waals surface area contributed by atoms with Crippen molar-refractivity contribution in [3.63, 3.8) is 0 Å². The monoisotopic (exact) mass is 156 g/mol. The van der Waals surface area contributed by atoms with E-state index in [1.54, 1.807) is 0 Å². The van der Waals surface area contributed by atoms with Gasteiger partial charge in [-0.25, -0.2) is 0 Å².